The molecule has 0 spiro atoms. The van der Waals surface area contributed by atoms with Gasteiger partial charge < -0.3 is 10.2 Å². The Kier molecular flexibility index (Phi) is 3.69. The Labute approximate surface area is 107 Å². The fraction of sp³-hybridized carbons (Fsp3) is 0.455. The first-order valence-electron chi connectivity index (χ1n) is 5.10. The van der Waals surface area contributed by atoms with Crippen LogP contribution >= 0.6 is 31.9 Å². The summed E-state index contributed by atoms with van der Waals surface area (Å²) >= 11 is 7.12. The van der Waals surface area contributed by atoms with Crippen molar-refractivity contribution in [3.8, 4) is 0 Å². The molecule has 1 atom stereocenters. The fourth-order valence-electron chi connectivity index (χ4n) is 1.88. The third kappa shape index (κ3) is 2.74. The Morgan fingerprint density at radius 2 is 2.20 bits per heavy atom. The quantitative estimate of drug-likeness (QED) is 0.849. The lowest BCUT2D eigenvalue weighted by Crippen LogP contribution is -2.49. The van der Waals surface area contributed by atoms with Crippen molar-refractivity contribution in [3.05, 3.63) is 27.1 Å². The van der Waals surface area contributed by atoms with Crippen LogP contribution in [0.25, 0.3) is 0 Å². The molecule has 0 radical (unpaired) electrons. The lowest BCUT2D eigenvalue weighted by Gasteiger charge is -2.34. The van der Waals surface area contributed by atoms with Crippen molar-refractivity contribution < 1.29 is 0 Å². The molecule has 2 rings (SSSR count). The predicted octanol–water partition coefficient (Wildman–Crippen LogP) is 3.01. The SMILES string of the molecule is CC1CN(c2cc(Br)ccc2Br)CCN1. The van der Waals surface area contributed by atoms with Crippen molar-refractivity contribution in [2.75, 3.05) is 24.5 Å². The third-order valence-electron chi connectivity index (χ3n) is 2.62. The monoisotopic (exact) mass is 332 g/mol. The molecule has 0 bridgehead atoms. The molecule has 1 N–H and O–H groups in total. The second-order valence-electron chi connectivity index (χ2n) is 3.90. The first kappa shape index (κ1) is 11.4. The van der Waals surface area contributed by atoms with Crippen LogP contribution in [0.2, 0.25) is 0 Å². The van der Waals surface area contributed by atoms with Gasteiger partial charge in [-0.05, 0) is 41.1 Å². The highest BCUT2D eigenvalue weighted by Crippen LogP contribution is 2.30. The van der Waals surface area contributed by atoms with Gasteiger partial charge in [-0.15, -0.1) is 0 Å². The molecule has 1 aromatic rings. The molecule has 82 valence electrons. The van der Waals surface area contributed by atoms with E-state index in [2.05, 4.69) is 67.2 Å². The Morgan fingerprint density at radius 1 is 1.40 bits per heavy atom. The van der Waals surface area contributed by atoms with Gasteiger partial charge in [0.25, 0.3) is 0 Å². The molecule has 4 heteroatoms. The Hall–Kier alpha value is -0.0600. The van der Waals surface area contributed by atoms with E-state index >= 15 is 0 Å². The Morgan fingerprint density at radius 3 is 2.93 bits per heavy atom. The first-order valence-corrected chi connectivity index (χ1v) is 6.69. The van der Waals surface area contributed by atoms with Crippen LogP contribution < -0.4 is 10.2 Å². The van der Waals surface area contributed by atoms with Gasteiger partial charge in [-0.2, -0.15) is 0 Å². The van der Waals surface area contributed by atoms with Crippen molar-refractivity contribution in [1.29, 1.82) is 0 Å². The van der Waals surface area contributed by atoms with E-state index in [1.165, 1.54) is 10.2 Å². The molecule has 0 amide bonds. The van der Waals surface area contributed by atoms with Crippen LogP contribution in [0.1, 0.15) is 6.92 Å². The second-order valence-corrected chi connectivity index (χ2v) is 5.67. The lowest BCUT2D eigenvalue weighted by atomic mass is 10.2. The molecule has 15 heavy (non-hydrogen) atoms. The van der Waals surface area contributed by atoms with Crippen molar-refractivity contribution in [2.45, 2.75) is 13.0 Å². The van der Waals surface area contributed by atoms with E-state index in [1.54, 1.807) is 0 Å². The van der Waals surface area contributed by atoms with Crippen LogP contribution in [0.4, 0.5) is 5.69 Å². The van der Waals surface area contributed by atoms with Crippen LogP contribution in [0.3, 0.4) is 0 Å². The average Bonchev–Trinajstić information content (AvgIpc) is 2.22. The van der Waals surface area contributed by atoms with E-state index in [4.69, 9.17) is 0 Å². The molecule has 1 heterocycles. The highest BCUT2D eigenvalue weighted by Gasteiger charge is 2.17. The highest BCUT2D eigenvalue weighted by molar-refractivity contribution is 9.11. The van der Waals surface area contributed by atoms with Crippen LogP contribution in [0.15, 0.2) is 27.1 Å². The maximum Gasteiger partial charge on any atom is 0.0522 e. The topological polar surface area (TPSA) is 15.3 Å². The smallest absolute Gasteiger partial charge is 0.0522 e. The number of hydrogen-bond donors (Lipinski definition) is 1. The van der Waals surface area contributed by atoms with Gasteiger partial charge >= 0.3 is 0 Å². The van der Waals surface area contributed by atoms with Gasteiger partial charge in [-0.1, -0.05) is 15.9 Å². The number of nitrogens with zero attached hydrogens (tertiary/aromatic N) is 1. The normalized spacial score (nSPS) is 21.8. The van der Waals surface area contributed by atoms with Gasteiger partial charge in [0.2, 0.25) is 0 Å². The zero-order valence-corrected chi connectivity index (χ0v) is 11.8. The van der Waals surface area contributed by atoms with Gasteiger partial charge in [0.05, 0.1) is 5.69 Å². The second kappa shape index (κ2) is 4.85. The third-order valence-corrected chi connectivity index (χ3v) is 3.78. The van der Waals surface area contributed by atoms with Gasteiger partial charge in [0.1, 0.15) is 0 Å². The predicted molar refractivity (Wildman–Crippen MR) is 71.5 cm³/mol. The summed E-state index contributed by atoms with van der Waals surface area (Å²) in [5, 5.41) is 3.45. The summed E-state index contributed by atoms with van der Waals surface area (Å²) in [6, 6.07) is 6.87. The molecule has 0 aliphatic carbocycles. The largest absolute Gasteiger partial charge is 0.368 e. The number of anilines is 1. The zero-order valence-electron chi connectivity index (χ0n) is 8.63. The number of benzene rings is 1. The molecule has 1 aliphatic rings. The summed E-state index contributed by atoms with van der Waals surface area (Å²) < 4.78 is 2.30. The fourth-order valence-corrected chi connectivity index (χ4v) is 2.73. The standard InChI is InChI=1S/C11H14Br2N2/c1-8-7-15(5-4-14-8)11-6-9(12)2-3-10(11)13/h2-3,6,8,14H,4-5,7H2,1H3. The van der Waals surface area contributed by atoms with Crippen molar-refractivity contribution in [2.24, 2.45) is 0 Å². The maximum absolute atomic E-state index is 3.60. The highest BCUT2D eigenvalue weighted by atomic mass is 79.9. The summed E-state index contributed by atoms with van der Waals surface area (Å²) in [4.78, 5) is 2.41. The van der Waals surface area contributed by atoms with Crippen LogP contribution in [-0.4, -0.2) is 25.7 Å². The van der Waals surface area contributed by atoms with Crippen LogP contribution in [0.5, 0.6) is 0 Å². The molecule has 1 saturated heterocycles. The Bertz CT molecular complexity index is 354. The van der Waals surface area contributed by atoms with E-state index < -0.39 is 0 Å². The van der Waals surface area contributed by atoms with Crippen molar-refractivity contribution >= 4 is 37.5 Å². The minimum Gasteiger partial charge on any atom is -0.368 e. The molecule has 0 aromatic heterocycles. The van der Waals surface area contributed by atoms with E-state index in [0.29, 0.717) is 6.04 Å². The number of hydrogen-bond acceptors (Lipinski definition) is 2. The molecule has 0 saturated carbocycles. The molecule has 1 unspecified atom stereocenters. The zero-order chi connectivity index (χ0) is 10.8. The number of nitrogens with one attached hydrogen (secondary N) is 1. The molecule has 1 aliphatic heterocycles. The van der Waals surface area contributed by atoms with Gasteiger partial charge in [-0.25, -0.2) is 0 Å². The average molecular weight is 334 g/mol. The molecule has 1 fully saturated rings. The minimum atomic E-state index is 0.560. The van der Waals surface area contributed by atoms with Crippen molar-refractivity contribution in [3.63, 3.8) is 0 Å². The lowest BCUT2D eigenvalue weighted by molar-refractivity contribution is 0.484. The number of piperazine rings is 1. The first-order chi connectivity index (χ1) is 7.16. The summed E-state index contributed by atoms with van der Waals surface area (Å²) in [6.45, 7) is 5.41. The van der Waals surface area contributed by atoms with Crippen LogP contribution in [0, 0.1) is 0 Å². The number of rotatable bonds is 1. The summed E-state index contributed by atoms with van der Waals surface area (Å²) in [7, 11) is 0. The summed E-state index contributed by atoms with van der Waals surface area (Å²) in [6.07, 6.45) is 0. The maximum atomic E-state index is 3.60. The minimum absolute atomic E-state index is 0.560. The molecule has 1 aromatic carbocycles. The Balaban J connectivity index is 2.24. The molecular weight excluding hydrogens is 320 g/mol. The van der Waals surface area contributed by atoms with Gasteiger partial charge in [0.15, 0.2) is 0 Å². The van der Waals surface area contributed by atoms with E-state index in [0.717, 1.165) is 24.1 Å². The van der Waals surface area contributed by atoms with Crippen molar-refractivity contribution in [1.82, 2.24) is 5.32 Å². The summed E-state index contributed by atoms with van der Waals surface area (Å²) in [5.74, 6) is 0. The molecular formula is C11H14Br2N2. The van der Waals surface area contributed by atoms with E-state index in [9.17, 15) is 0 Å². The van der Waals surface area contributed by atoms with E-state index in [1.807, 2.05) is 0 Å². The van der Waals surface area contributed by atoms with E-state index in [-0.39, 0.29) is 0 Å². The van der Waals surface area contributed by atoms with Gasteiger partial charge in [-0.3, -0.25) is 0 Å². The molecule has 2 nitrogen and oxygen atoms in total. The van der Waals surface area contributed by atoms with Crippen LogP contribution in [-0.2, 0) is 0 Å². The van der Waals surface area contributed by atoms with Gasteiger partial charge in [0, 0.05) is 34.6 Å². The number of halogens is 2. The summed E-state index contributed by atoms with van der Waals surface area (Å²) in [5.41, 5.74) is 1.28.